The number of carbonyl (C=O) groups is 1. The maximum absolute atomic E-state index is 12.1. The van der Waals surface area contributed by atoms with Gasteiger partial charge in [-0.05, 0) is 31.2 Å². The lowest BCUT2D eigenvalue weighted by Gasteiger charge is -2.12. The number of carbonyl (C=O) groups excluding carboxylic acids is 1. The van der Waals surface area contributed by atoms with Gasteiger partial charge in [-0.15, -0.1) is 0 Å². The van der Waals surface area contributed by atoms with Crippen LogP contribution in [-0.2, 0) is 0 Å². The Bertz CT molecular complexity index is 574. The van der Waals surface area contributed by atoms with E-state index in [0.717, 1.165) is 0 Å². The van der Waals surface area contributed by atoms with Gasteiger partial charge in [0.05, 0.1) is 28.0 Å². The van der Waals surface area contributed by atoms with E-state index < -0.39 is 0 Å². The van der Waals surface area contributed by atoms with E-state index in [9.17, 15) is 4.79 Å². The minimum absolute atomic E-state index is 0.252. The van der Waals surface area contributed by atoms with Crippen LogP contribution in [0.1, 0.15) is 29.1 Å². The minimum Gasteiger partial charge on any atom is -0.467 e. The molecule has 0 fully saturated rings. The zero-order valence-electron chi connectivity index (χ0n) is 10.1. The first-order valence-corrected chi connectivity index (χ1v) is 6.33. The smallest absolute Gasteiger partial charge is 0.251 e. The van der Waals surface area contributed by atoms with Gasteiger partial charge in [0, 0.05) is 5.56 Å². The van der Waals surface area contributed by atoms with Crippen LogP contribution in [0.25, 0.3) is 0 Å². The average molecular weight is 299 g/mol. The second kappa shape index (κ2) is 5.55. The van der Waals surface area contributed by atoms with Crippen molar-refractivity contribution in [1.82, 2.24) is 5.32 Å². The van der Waals surface area contributed by atoms with Gasteiger partial charge in [0.2, 0.25) is 0 Å². The van der Waals surface area contributed by atoms with Crippen molar-refractivity contribution < 1.29 is 9.21 Å². The summed E-state index contributed by atoms with van der Waals surface area (Å²) >= 11 is 11.8. The summed E-state index contributed by atoms with van der Waals surface area (Å²) in [4.78, 5) is 12.1. The largest absolute Gasteiger partial charge is 0.467 e. The Morgan fingerprint density at radius 3 is 2.53 bits per heavy atom. The zero-order valence-corrected chi connectivity index (χ0v) is 11.6. The Labute approximate surface area is 120 Å². The molecule has 2 rings (SSSR count). The average Bonchev–Trinajstić information content (AvgIpc) is 2.89. The van der Waals surface area contributed by atoms with E-state index in [4.69, 9.17) is 33.4 Å². The maximum Gasteiger partial charge on any atom is 0.251 e. The van der Waals surface area contributed by atoms with E-state index >= 15 is 0 Å². The molecule has 0 unspecified atom stereocenters. The van der Waals surface area contributed by atoms with Crippen molar-refractivity contribution >= 4 is 34.8 Å². The number of benzene rings is 1. The van der Waals surface area contributed by atoms with Gasteiger partial charge in [-0.1, -0.05) is 23.2 Å². The highest BCUT2D eigenvalue weighted by Gasteiger charge is 2.15. The molecule has 0 bridgehead atoms. The third kappa shape index (κ3) is 3.03. The Hall–Kier alpha value is -1.65. The SMILES string of the molecule is C[C@H](NC(=O)c1cc(Cl)c(N)c(Cl)c1)c1ccco1. The third-order valence-corrected chi connectivity index (χ3v) is 3.28. The minimum atomic E-state index is -0.298. The fraction of sp³-hybridized carbons (Fsp3) is 0.154. The third-order valence-electron chi connectivity index (χ3n) is 2.66. The Morgan fingerprint density at radius 1 is 1.37 bits per heavy atom. The van der Waals surface area contributed by atoms with Gasteiger partial charge in [-0.25, -0.2) is 0 Å². The predicted octanol–water partition coefficient (Wildman–Crippen LogP) is 3.66. The standard InChI is InChI=1S/C13H12Cl2N2O2/c1-7(11-3-2-4-19-11)17-13(18)8-5-9(14)12(16)10(15)6-8/h2-7H,16H2,1H3,(H,17,18)/t7-/m0/s1. The first-order chi connectivity index (χ1) is 8.99. The molecule has 4 nitrogen and oxygen atoms in total. The van der Waals surface area contributed by atoms with Gasteiger partial charge >= 0.3 is 0 Å². The Balaban J connectivity index is 2.16. The van der Waals surface area contributed by atoms with Gasteiger partial charge < -0.3 is 15.5 Å². The summed E-state index contributed by atoms with van der Waals surface area (Å²) in [5.74, 6) is 0.369. The molecule has 3 N–H and O–H groups in total. The molecule has 0 spiro atoms. The van der Waals surface area contributed by atoms with Crippen LogP contribution in [0.5, 0.6) is 0 Å². The van der Waals surface area contributed by atoms with Crippen molar-refractivity contribution in [3.63, 3.8) is 0 Å². The lowest BCUT2D eigenvalue weighted by molar-refractivity contribution is 0.0935. The van der Waals surface area contributed by atoms with Crippen molar-refractivity contribution in [3.05, 3.63) is 51.9 Å². The van der Waals surface area contributed by atoms with E-state index in [2.05, 4.69) is 5.32 Å². The Kier molecular flexibility index (Phi) is 4.02. The van der Waals surface area contributed by atoms with Gasteiger partial charge in [0.1, 0.15) is 5.76 Å². The molecule has 1 amide bonds. The van der Waals surface area contributed by atoms with E-state index in [1.54, 1.807) is 18.4 Å². The van der Waals surface area contributed by atoms with Gasteiger partial charge in [0.15, 0.2) is 0 Å². The van der Waals surface area contributed by atoms with Gasteiger partial charge in [-0.2, -0.15) is 0 Å². The number of halogens is 2. The van der Waals surface area contributed by atoms with Crippen LogP contribution in [0.15, 0.2) is 34.9 Å². The number of nitrogens with two attached hydrogens (primary N) is 1. The summed E-state index contributed by atoms with van der Waals surface area (Å²) in [6, 6.07) is 6.25. The predicted molar refractivity (Wildman–Crippen MR) is 75.5 cm³/mol. The van der Waals surface area contributed by atoms with Crippen LogP contribution in [0.2, 0.25) is 10.0 Å². The van der Waals surface area contributed by atoms with E-state index in [1.165, 1.54) is 12.1 Å². The first-order valence-electron chi connectivity index (χ1n) is 5.58. The van der Waals surface area contributed by atoms with Crippen molar-refractivity contribution in [2.75, 3.05) is 5.73 Å². The molecule has 0 radical (unpaired) electrons. The quantitative estimate of drug-likeness (QED) is 0.850. The summed E-state index contributed by atoms with van der Waals surface area (Å²) < 4.78 is 5.21. The fourth-order valence-corrected chi connectivity index (χ4v) is 2.09. The molecule has 1 atom stereocenters. The highest BCUT2D eigenvalue weighted by Crippen LogP contribution is 2.29. The number of anilines is 1. The van der Waals surface area contributed by atoms with E-state index in [1.807, 2.05) is 6.92 Å². The molecule has 1 heterocycles. The summed E-state index contributed by atoms with van der Waals surface area (Å²) in [5, 5.41) is 3.29. The summed E-state index contributed by atoms with van der Waals surface area (Å²) in [6.07, 6.45) is 1.55. The molecular weight excluding hydrogens is 287 g/mol. The number of amides is 1. The molecule has 0 aliphatic rings. The second-order valence-corrected chi connectivity index (χ2v) is 4.88. The van der Waals surface area contributed by atoms with Crippen LogP contribution in [-0.4, -0.2) is 5.91 Å². The highest BCUT2D eigenvalue weighted by molar-refractivity contribution is 6.39. The van der Waals surface area contributed by atoms with Crippen LogP contribution in [0.4, 0.5) is 5.69 Å². The molecule has 1 aromatic heterocycles. The number of nitrogen functional groups attached to an aromatic ring is 1. The van der Waals surface area contributed by atoms with Crippen LogP contribution >= 0.6 is 23.2 Å². The monoisotopic (exact) mass is 298 g/mol. The number of hydrogen-bond donors (Lipinski definition) is 2. The topological polar surface area (TPSA) is 68.3 Å². The number of hydrogen-bond acceptors (Lipinski definition) is 3. The first kappa shape index (κ1) is 13.8. The summed E-state index contributed by atoms with van der Waals surface area (Å²) in [6.45, 7) is 1.82. The van der Waals surface area contributed by atoms with Crippen molar-refractivity contribution in [2.45, 2.75) is 13.0 Å². The van der Waals surface area contributed by atoms with Crippen molar-refractivity contribution in [3.8, 4) is 0 Å². The van der Waals surface area contributed by atoms with E-state index in [-0.39, 0.29) is 27.7 Å². The molecule has 6 heteroatoms. The molecule has 100 valence electrons. The Morgan fingerprint density at radius 2 is 2.00 bits per heavy atom. The lowest BCUT2D eigenvalue weighted by Crippen LogP contribution is -2.26. The van der Waals surface area contributed by atoms with Crippen LogP contribution in [0, 0.1) is 0 Å². The molecule has 0 saturated carbocycles. The molecule has 0 aliphatic heterocycles. The van der Waals surface area contributed by atoms with Crippen LogP contribution in [0.3, 0.4) is 0 Å². The van der Waals surface area contributed by atoms with Crippen molar-refractivity contribution in [1.29, 1.82) is 0 Å². The molecular formula is C13H12Cl2N2O2. The molecule has 2 aromatic rings. The molecule has 0 aliphatic carbocycles. The van der Waals surface area contributed by atoms with Crippen LogP contribution < -0.4 is 11.1 Å². The van der Waals surface area contributed by atoms with E-state index in [0.29, 0.717) is 11.3 Å². The lowest BCUT2D eigenvalue weighted by atomic mass is 10.1. The van der Waals surface area contributed by atoms with Gasteiger partial charge in [0.25, 0.3) is 5.91 Å². The number of furan rings is 1. The highest BCUT2D eigenvalue weighted by atomic mass is 35.5. The normalized spacial score (nSPS) is 12.2. The maximum atomic E-state index is 12.1. The van der Waals surface area contributed by atoms with Gasteiger partial charge in [-0.3, -0.25) is 4.79 Å². The zero-order chi connectivity index (χ0) is 14.0. The summed E-state index contributed by atoms with van der Waals surface area (Å²) in [5.41, 5.74) is 6.23. The summed E-state index contributed by atoms with van der Waals surface area (Å²) in [7, 11) is 0. The molecule has 19 heavy (non-hydrogen) atoms. The fourth-order valence-electron chi connectivity index (χ4n) is 1.60. The number of nitrogens with one attached hydrogen (secondary N) is 1. The van der Waals surface area contributed by atoms with Crippen molar-refractivity contribution in [2.24, 2.45) is 0 Å². The molecule has 1 aromatic carbocycles. The number of rotatable bonds is 3. The molecule has 0 saturated heterocycles. The second-order valence-electron chi connectivity index (χ2n) is 4.06.